The fourth-order valence-corrected chi connectivity index (χ4v) is 1.75. The van der Waals surface area contributed by atoms with Crippen molar-refractivity contribution in [3.63, 3.8) is 0 Å². The van der Waals surface area contributed by atoms with Crippen molar-refractivity contribution < 1.29 is 14.7 Å². The number of hydrogen-bond donors (Lipinski definition) is 3. The van der Waals surface area contributed by atoms with Gasteiger partial charge < -0.3 is 15.7 Å². The first-order valence-electron chi connectivity index (χ1n) is 5.39. The van der Waals surface area contributed by atoms with Crippen LogP contribution in [0.25, 0.3) is 0 Å². The Morgan fingerprint density at radius 3 is 2.80 bits per heavy atom. The molecule has 0 aromatic carbocycles. The van der Waals surface area contributed by atoms with Crippen LogP contribution in [0.1, 0.15) is 32.6 Å². The molecule has 0 bridgehead atoms. The van der Waals surface area contributed by atoms with Crippen molar-refractivity contribution >= 4 is 11.9 Å². The van der Waals surface area contributed by atoms with E-state index in [9.17, 15) is 9.59 Å². The van der Waals surface area contributed by atoms with Crippen LogP contribution in [0.2, 0.25) is 0 Å². The molecule has 5 nitrogen and oxygen atoms in total. The van der Waals surface area contributed by atoms with Crippen molar-refractivity contribution in [2.24, 2.45) is 0 Å². The van der Waals surface area contributed by atoms with Gasteiger partial charge in [0.05, 0.1) is 0 Å². The highest BCUT2D eigenvalue weighted by atomic mass is 16.4. The van der Waals surface area contributed by atoms with E-state index in [2.05, 4.69) is 10.6 Å². The Hall–Kier alpha value is -1.10. The lowest BCUT2D eigenvalue weighted by Gasteiger charge is -2.14. The quantitative estimate of drug-likeness (QED) is 0.607. The third-order valence-corrected chi connectivity index (χ3v) is 2.64. The second-order valence-electron chi connectivity index (χ2n) is 3.86. The Bertz CT molecular complexity index is 237. The monoisotopic (exact) mass is 214 g/mol. The summed E-state index contributed by atoms with van der Waals surface area (Å²) in [5.41, 5.74) is 0. The van der Waals surface area contributed by atoms with Gasteiger partial charge in [-0.25, -0.2) is 4.79 Å². The number of rotatable bonds is 5. The van der Waals surface area contributed by atoms with Crippen molar-refractivity contribution in [1.29, 1.82) is 0 Å². The molecule has 3 N–H and O–H groups in total. The highest BCUT2D eigenvalue weighted by Gasteiger charge is 2.21. The van der Waals surface area contributed by atoms with E-state index < -0.39 is 12.0 Å². The Morgan fingerprint density at radius 1 is 1.60 bits per heavy atom. The van der Waals surface area contributed by atoms with Crippen LogP contribution in [0.3, 0.4) is 0 Å². The lowest BCUT2D eigenvalue weighted by molar-refractivity contribution is -0.142. The van der Waals surface area contributed by atoms with Crippen LogP contribution in [-0.4, -0.2) is 35.6 Å². The summed E-state index contributed by atoms with van der Waals surface area (Å²) < 4.78 is 0. The van der Waals surface area contributed by atoms with E-state index in [-0.39, 0.29) is 11.9 Å². The maximum Gasteiger partial charge on any atom is 0.326 e. The molecule has 5 heteroatoms. The molecule has 15 heavy (non-hydrogen) atoms. The molecule has 2 atom stereocenters. The number of nitrogens with one attached hydrogen (secondary N) is 2. The minimum Gasteiger partial charge on any atom is -0.480 e. The number of carboxylic acid groups (broad SMARTS) is 1. The summed E-state index contributed by atoms with van der Waals surface area (Å²) in [5.74, 6) is -1.14. The third kappa shape index (κ3) is 3.87. The summed E-state index contributed by atoms with van der Waals surface area (Å²) in [5, 5.41) is 14.5. The Balaban J connectivity index is 2.30. The van der Waals surface area contributed by atoms with Gasteiger partial charge in [0.15, 0.2) is 0 Å². The van der Waals surface area contributed by atoms with Gasteiger partial charge in [0, 0.05) is 12.5 Å². The second kappa shape index (κ2) is 5.70. The minimum absolute atomic E-state index is 0.177. The highest BCUT2D eigenvalue weighted by molar-refractivity contribution is 5.83. The smallest absolute Gasteiger partial charge is 0.326 e. The first-order valence-corrected chi connectivity index (χ1v) is 5.39. The first kappa shape index (κ1) is 12.0. The highest BCUT2D eigenvalue weighted by Crippen LogP contribution is 2.08. The van der Waals surface area contributed by atoms with E-state index in [1.54, 1.807) is 6.92 Å². The number of hydrogen-bond acceptors (Lipinski definition) is 3. The molecule has 1 heterocycles. The standard InChI is InChI=1S/C10H18N2O3/c1-2-8(10(14)15)12-9(13)6-7-4-3-5-11-7/h7-8,11H,2-6H2,1H3,(H,12,13)(H,14,15). The Kier molecular flexibility index (Phi) is 4.55. The van der Waals surface area contributed by atoms with Gasteiger partial charge in [-0.05, 0) is 25.8 Å². The van der Waals surface area contributed by atoms with E-state index >= 15 is 0 Å². The van der Waals surface area contributed by atoms with Gasteiger partial charge in [-0.2, -0.15) is 0 Å². The van der Waals surface area contributed by atoms with Crippen LogP contribution in [0.15, 0.2) is 0 Å². The molecule has 2 unspecified atom stereocenters. The molecule has 0 aliphatic carbocycles. The average molecular weight is 214 g/mol. The van der Waals surface area contributed by atoms with Gasteiger partial charge in [0.1, 0.15) is 6.04 Å². The normalized spacial score (nSPS) is 22.3. The Labute approximate surface area is 89.2 Å². The zero-order valence-corrected chi connectivity index (χ0v) is 8.95. The molecular formula is C10H18N2O3. The molecule has 0 aromatic rings. The molecule has 86 valence electrons. The Morgan fingerprint density at radius 2 is 2.33 bits per heavy atom. The maximum atomic E-state index is 11.5. The number of carbonyl (C=O) groups is 2. The lowest BCUT2D eigenvalue weighted by Crippen LogP contribution is -2.42. The molecule has 1 amide bonds. The van der Waals surface area contributed by atoms with Crippen LogP contribution >= 0.6 is 0 Å². The number of amides is 1. The zero-order valence-electron chi connectivity index (χ0n) is 8.95. The van der Waals surface area contributed by atoms with E-state index in [0.29, 0.717) is 12.8 Å². The third-order valence-electron chi connectivity index (χ3n) is 2.64. The fourth-order valence-electron chi connectivity index (χ4n) is 1.75. The molecular weight excluding hydrogens is 196 g/mol. The summed E-state index contributed by atoms with van der Waals surface area (Å²) in [6.45, 7) is 2.70. The van der Waals surface area contributed by atoms with Crippen LogP contribution in [0.4, 0.5) is 0 Å². The van der Waals surface area contributed by atoms with Gasteiger partial charge in [0.2, 0.25) is 5.91 Å². The van der Waals surface area contributed by atoms with Gasteiger partial charge >= 0.3 is 5.97 Å². The van der Waals surface area contributed by atoms with Gasteiger partial charge in [-0.1, -0.05) is 6.92 Å². The summed E-state index contributed by atoms with van der Waals surface area (Å²) in [6.07, 6.45) is 2.88. The van der Waals surface area contributed by atoms with Crippen molar-refractivity contribution in [3.8, 4) is 0 Å². The van der Waals surface area contributed by atoms with Crippen LogP contribution < -0.4 is 10.6 Å². The minimum atomic E-state index is -0.967. The summed E-state index contributed by atoms with van der Waals surface area (Å²) in [7, 11) is 0. The molecule has 0 saturated carbocycles. The largest absolute Gasteiger partial charge is 0.480 e. The van der Waals surface area contributed by atoms with Crippen LogP contribution in [-0.2, 0) is 9.59 Å². The van der Waals surface area contributed by atoms with Gasteiger partial charge in [-0.15, -0.1) is 0 Å². The zero-order chi connectivity index (χ0) is 11.3. The molecule has 1 rings (SSSR count). The van der Waals surface area contributed by atoms with Crippen LogP contribution in [0, 0.1) is 0 Å². The predicted octanol–water partition coefficient (Wildman–Crippen LogP) is 0.108. The van der Waals surface area contributed by atoms with E-state index in [4.69, 9.17) is 5.11 Å². The van der Waals surface area contributed by atoms with E-state index in [1.165, 1.54) is 0 Å². The first-order chi connectivity index (χ1) is 7.13. The molecule has 1 aliphatic rings. The summed E-state index contributed by atoms with van der Waals surface area (Å²) in [6, 6.07) is -0.532. The van der Waals surface area contributed by atoms with E-state index in [1.807, 2.05) is 0 Å². The molecule has 1 fully saturated rings. The number of aliphatic carboxylic acids is 1. The number of carboxylic acids is 1. The topological polar surface area (TPSA) is 78.4 Å². The second-order valence-corrected chi connectivity index (χ2v) is 3.86. The maximum absolute atomic E-state index is 11.5. The average Bonchev–Trinajstić information content (AvgIpc) is 2.66. The molecule has 0 aromatic heterocycles. The van der Waals surface area contributed by atoms with Crippen molar-refractivity contribution in [2.45, 2.75) is 44.7 Å². The van der Waals surface area contributed by atoms with Crippen molar-refractivity contribution in [3.05, 3.63) is 0 Å². The predicted molar refractivity (Wildman–Crippen MR) is 55.5 cm³/mol. The van der Waals surface area contributed by atoms with Crippen LogP contribution in [0.5, 0.6) is 0 Å². The van der Waals surface area contributed by atoms with Gasteiger partial charge in [-0.3, -0.25) is 4.79 Å². The number of carbonyl (C=O) groups excluding carboxylic acids is 1. The van der Waals surface area contributed by atoms with Gasteiger partial charge in [0.25, 0.3) is 0 Å². The SMILES string of the molecule is CCC(NC(=O)CC1CCCN1)C(=O)O. The lowest BCUT2D eigenvalue weighted by atomic mass is 10.1. The van der Waals surface area contributed by atoms with Crippen molar-refractivity contribution in [1.82, 2.24) is 10.6 Å². The van der Waals surface area contributed by atoms with E-state index in [0.717, 1.165) is 19.4 Å². The molecule has 1 aliphatic heterocycles. The summed E-state index contributed by atoms with van der Waals surface area (Å²) >= 11 is 0. The fraction of sp³-hybridized carbons (Fsp3) is 0.800. The molecule has 0 radical (unpaired) electrons. The molecule has 1 saturated heterocycles. The van der Waals surface area contributed by atoms with Crippen molar-refractivity contribution in [2.75, 3.05) is 6.54 Å². The molecule has 0 spiro atoms. The summed E-state index contributed by atoms with van der Waals surface area (Å²) in [4.78, 5) is 22.1.